The van der Waals surface area contributed by atoms with Gasteiger partial charge in [-0.2, -0.15) is 0 Å². The van der Waals surface area contributed by atoms with Crippen LogP contribution in [0.3, 0.4) is 0 Å². The lowest BCUT2D eigenvalue weighted by Crippen LogP contribution is -2.47. The number of hydrogen-bond donors (Lipinski definition) is 2. The van der Waals surface area contributed by atoms with Gasteiger partial charge in [0.1, 0.15) is 0 Å². The normalized spacial score (nSPS) is 22.0. The molecule has 0 unspecified atom stereocenters. The summed E-state index contributed by atoms with van der Waals surface area (Å²) >= 11 is 3.47. The summed E-state index contributed by atoms with van der Waals surface area (Å²) in [5.74, 6) is 0. The summed E-state index contributed by atoms with van der Waals surface area (Å²) in [7, 11) is 0. The average molecular weight is 379 g/mol. The van der Waals surface area contributed by atoms with Crippen LogP contribution in [-0.4, -0.2) is 46.7 Å². The Labute approximate surface area is 144 Å². The van der Waals surface area contributed by atoms with Crippen molar-refractivity contribution in [2.24, 2.45) is 0 Å². The molecule has 2 fully saturated rings. The molecule has 6 heteroatoms. The number of rotatable bonds is 2. The summed E-state index contributed by atoms with van der Waals surface area (Å²) < 4.78 is 2.97. The molecular formula is C17H23BrN4O. The van der Waals surface area contributed by atoms with Crippen LogP contribution in [0.1, 0.15) is 31.7 Å². The third kappa shape index (κ3) is 2.99. The number of nitrogens with zero attached hydrogens (tertiary/aromatic N) is 2. The van der Waals surface area contributed by atoms with Crippen molar-refractivity contribution in [1.82, 2.24) is 19.8 Å². The number of likely N-dealkylation sites (tertiary alicyclic amines) is 1. The molecule has 124 valence electrons. The summed E-state index contributed by atoms with van der Waals surface area (Å²) in [6, 6.07) is 7.08. The Kier molecular flexibility index (Phi) is 4.30. The molecule has 0 atom stereocenters. The number of hydrogen-bond acceptors (Lipinski definition) is 3. The highest BCUT2D eigenvalue weighted by molar-refractivity contribution is 9.10. The van der Waals surface area contributed by atoms with Crippen LogP contribution in [0.5, 0.6) is 0 Å². The number of nitrogens with one attached hydrogen (secondary N) is 2. The van der Waals surface area contributed by atoms with Gasteiger partial charge in [0.15, 0.2) is 0 Å². The van der Waals surface area contributed by atoms with E-state index < -0.39 is 0 Å². The molecule has 3 heterocycles. The lowest BCUT2D eigenvalue weighted by atomic mass is 9.98. The zero-order valence-corrected chi connectivity index (χ0v) is 14.8. The molecular weight excluding hydrogens is 356 g/mol. The standard InChI is InChI=1S/C17H23BrN4O/c18-12-1-2-16-15(11-12)20-17(23)22(16)14-5-9-21(10-6-14)13-3-7-19-8-4-13/h1-2,11,13-14,19H,3-10H2,(H,20,23). The Balaban J connectivity index is 1.52. The van der Waals surface area contributed by atoms with Gasteiger partial charge in [0.05, 0.1) is 11.0 Å². The van der Waals surface area contributed by atoms with E-state index in [9.17, 15) is 4.79 Å². The van der Waals surface area contributed by atoms with E-state index in [4.69, 9.17) is 0 Å². The van der Waals surface area contributed by atoms with E-state index in [1.807, 2.05) is 22.8 Å². The quantitative estimate of drug-likeness (QED) is 0.843. The van der Waals surface area contributed by atoms with Gasteiger partial charge in [0.2, 0.25) is 0 Å². The third-order valence-corrected chi connectivity index (χ3v) is 5.86. The van der Waals surface area contributed by atoms with E-state index in [1.165, 1.54) is 12.8 Å². The first-order valence-corrected chi connectivity index (χ1v) is 9.36. The molecule has 2 N–H and O–H groups in total. The predicted octanol–water partition coefficient (Wildman–Crippen LogP) is 2.48. The minimum absolute atomic E-state index is 0.0263. The summed E-state index contributed by atoms with van der Waals surface area (Å²) in [6.45, 7) is 4.48. The van der Waals surface area contributed by atoms with Crippen LogP contribution in [0.2, 0.25) is 0 Å². The molecule has 5 nitrogen and oxygen atoms in total. The molecule has 0 saturated carbocycles. The van der Waals surface area contributed by atoms with Gasteiger partial charge >= 0.3 is 5.69 Å². The summed E-state index contributed by atoms with van der Waals surface area (Å²) in [4.78, 5) is 18.0. The van der Waals surface area contributed by atoms with Crippen LogP contribution in [0, 0.1) is 0 Å². The molecule has 1 aromatic heterocycles. The maximum atomic E-state index is 12.4. The van der Waals surface area contributed by atoms with Gasteiger partial charge in [-0.25, -0.2) is 4.79 Å². The Bertz CT molecular complexity index is 739. The Morgan fingerprint density at radius 1 is 1.04 bits per heavy atom. The Morgan fingerprint density at radius 2 is 1.78 bits per heavy atom. The van der Waals surface area contributed by atoms with Gasteiger partial charge in [-0.05, 0) is 57.0 Å². The first-order valence-electron chi connectivity index (χ1n) is 8.57. The van der Waals surface area contributed by atoms with Crippen molar-refractivity contribution in [3.63, 3.8) is 0 Å². The van der Waals surface area contributed by atoms with Crippen LogP contribution in [0.25, 0.3) is 11.0 Å². The largest absolute Gasteiger partial charge is 0.326 e. The van der Waals surface area contributed by atoms with E-state index in [-0.39, 0.29) is 5.69 Å². The highest BCUT2D eigenvalue weighted by Crippen LogP contribution is 2.28. The minimum atomic E-state index is 0.0263. The fraction of sp³-hybridized carbons (Fsp3) is 0.588. The first kappa shape index (κ1) is 15.4. The lowest BCUT2D eigenvalue weighted by Gasteiger charge is -2.39. The number of imidazole rings is 1. The number of benzene rings is 1. The molecule has 4 rings (SSSR count). The lowest BCUT2D eigenvalue weighted by molar-refractivity contribution is 0.113. The van der Waals surface area contributed by atoms with Gasteiger partial charge in [0, 0.05) is 29.6 Å². The topological polar surface area (TPSA) is 53.1 Å². The number of piperidine rings is 2. The van der Waals surface area contributed by atoms with Crippen LogP contribution in [-0.2, 0) is 0 Å². The zero-order chi connectivity index (χ0) is 15.8. The maximum Gasteiger partial charge on any atom is 0.326 e. The number of halogens is 1. The fourth-order valence-electron chi connectivity index (χ4n) is 4.15. The fourth-order valence-corrected chi connectivity index (χ4v) is 4.51. The summed E-state index contributed by atoms with van der Waals surface area (Å²) in [5, 5.41) is 3.44. The Hall–Kier alpha value is -1.11. The Morgan fingerprint density at radius 3 is 2.52 bits per heavy atom. The van der Waals surface area contributed by atoms with E-state index >= 15 is 0 Å². The van der Waals surface area contributed by atoms with Crippen molar-refractivity contribution in [2.45, 2.75) is 37.8 Å². The molecule has 1 aromatic carbocycles. The van der Waals surface area contributed by atoms with Crippen molar-refractivity contribution < 1.29 is 0 Å². The molecule has 0 aliphatic carbocycles. The maximum absolute atomic E-state index is 12.4. The van der Waals surface area contributed by atoms with Crippen LogP contribution in [0.4, 0.5) is 0 Å². The molecule has 2 aromatic rings. The highest BCUT2D eigenvalue weighted by atomic mass is 79.9. The van der Waals surface area contributed by atoms with Crippen molar-refractivity contribution in [2.75, 3.05) is 26.2 Å². The van der Waals surface area contributed by atoms with Gasteiger partial charge in [-0.1, -0.05) is 15.9 Å². The van der Waals surface area contributed by atoms with Gasteiger partial charge < -0.3 is 15.2 Å². The summed E-state index contributed by atoms with van der Waals surface area (Å²) in [6.07, 6.45) is 4.64. The number of H-pyrrole nitrogens is 1. The average Bonchev–Trinajstić information content (AvgIpc) is 2.90. The zero-order valence-electron chi connectivity index (χ0n) is 13.2. The molecule has 0 radical (unpaired) electrons. The molecule has 23 heavy (non-hydrogen) atoms. The van der Waals surface area contributed by atoms with E-state index in [1.54, 1.807) is 0 Å². The minimum Gasteiger partial charge on any atom is -0.317 e. The van der Waals surface area contributed by atoms with Gasteiger partial charge in [-0.15, -0.1) is 0 Å². The predicted molar refractivity (Wildman–Crippen MR) is 96.0 cm³/mol. The monoisotopic (exact) mass is 378 g/mol. The smallest absolute Gasteiger partial charge is 0.317 e. The van der Waals surface area contributed by atoms with Gasteiger partial charge in [0.25, 0.3) is 0 Å². The van der Waals surface area contributed by atoms with Crippen molar-refractivity contribution in [3.05, 3.63) is 33.2 Å². The van der Waals surface area contributed by atoms with Crippen molar-refractivity contribution in [1.29, 1.82) is 0 Å². The number of aromatic amines is 1. The SMILES string of the molecule is O=c1[nH]c2cc(Br)ccc2n1C1CCN(C2CCNCC2)CC1. The van der Waals surface area contributed by atoms with Gasteiger partial charge in [-0.3, -0.25) is 4.57 Å². The van der Waals surface area contributed by atoms with E-state index in [0.717, 1.165) is 60.6 Å². The number of aromatic nitrogens is 2. The van der Waals surface area contributed by atoms with E-state index in [0.29, 0.717) is 6.04 Å². The first-order chi connectivity index (χ1) is 11.2. The van der Waals surface area contributed by atoms with E-state index in [2.05, 4.69) is 31.1 Å². The second-order valence-electron chi connectivity index (χ2n) is 6.71. The summed E-state index contributed by atoms with van der Waals surface area (Å²) in [5.41, 5.74) is 1.97. The molecule has 0 spiro atoms. The molecule has 0 amide bonds. The molecule has 2 saturated heterocycles. The second kappa shape index (κ2) is 6.42. The van der Waals surface area contributed by atoms with Crippen LogP contribution >= 0.6 is 15.9 Å². The molecule has 0 bridgehead atoms. The van der Waals surface area contributed by atoms with Crippen LogP contribution in [0.15, 0.2) is 27.5 Å². The van der Waals surface area contributed by atoms with Crippen LogP contribution < -0.4 is 11.0 Å². The van der Waals surface area contributed by atoms with Crippen molar-refractivity contribution >= 4 is 27.0 Å². The third-order valence-electron chi connectivity index (χ3n) is 5.37. The number of fused-ring (bicyclic) bond motifs is 1. The molecule has 2 aliphatic heterocycles. The second-order valence-corrected chi connectivity index (χ2v) is 7.63. The molecule has 2 aliphatic rings. The van der Waals surface area contributed by atoms with Crippen molar-refractivity contribution in [3.8, 4) is 0 Å². The highest BCUT2D eigenvalue weighted by Gasteiger charge is 2.28.